The van der Waals surface area contributed by atoms with E-state index in [9.17, 15) is 14.4 Å². The van der Waals surface area contributed by atoms with Crippen molar-refractivity contribution in [2.45, 2.75) is 32.4 Å². The number of hydrogen-bond donors (Lipinski definition) is 1. The van der Waals surface area contributed by atoms with Crippen molar-refractivity contribution in [1.82, 2.24) is 14.5 Å². The molecule has 0 saturated carbocycles. The predicted octanol–water partition coefficient (Wildman–Crippen LogP) is 4.00. The van der Waals surface area contributed by atoms with Gasteiger partial charge < -0.3 is 5.32 Å². The molecule has 0 radical (unpaired) electrons. The summed E-state index contributed by atoms with van der Waals surface area (Å²) in [5, 5.41) is 5.21. The number of nitrogens with one attached hydrogen (secondary N) is 1. The van der Waals surface area contributed by atoms with Crippen molar-refractivity contribution in [2.75, 3.05) is 0 Å². The maximum atomic E-state index is 13.2. The lowest BCUT2D eigenvalue weighted by molar-refractivity contribution is -0.122. The number of rotatable bonds is 7. The van der Waals surface area contributed by atoms with Crippen LogP contribution in [0.4, 0.5) is 0 Å². The number of carbonyl (C=O) groups is 1. The third-order valence-corrected chi connectivity index (χ3v) is 6.40. The Kier molecular flexibility index (Phi) is 6.58. The van der Waals surface area contributed by atoms with E-state index in [1.54, 1.807) is 35.7 Å². The number of benzene rings is 2. The Balaban J connectivity index is 1.58. The molecule has 32 heavy (non-hydrogen) atoms. The molecule has 2 aromatic carbocycles. The molecule has 164 valence electrons. The molecule has 0 aliphatic carbocycles. The standard InChI is InChI=1S/C24H22ClN3O3S/c1-16(7-8-17-5-3-2-4-6-17)26-21(29)15-27-20-13-14-32-22(20)23(30)28(24(27)31)19-11-9-18(25)10-12-19/h2-6,9-14,16H,7-8,15H2,1H3,(H,26,29)/t16-/m0/s1. The number of aromatic nitrogens is 2. The Morgan fingerprint density at radius 3 is 2.50 bits per heavy atom. The molecule has 0 aliphatic rings. The topological polar surface area (TPSA) is 73.1 Å². The quantitative estimate of drug-likeness (QED) is 0.446. The van der Waals surface area contributed by atoms with Gasteiger partial charge in [-0.2, -0.15) is 0 Å². The molecule has 4 rings (SSSR count). The number of thiophene rings is 1. The normalized spacial score (nSPS) is 12.1. The third kappa shape index (κ3) is 4.69. The highest BCUT2D eigenvalue weighted by Gasteiger charge is 2.18. The van der Waals surface area contributed by atoms with Crippen molar-refractivity contribution in [1.29, 1.82) is 0 Å². The van der Waals surface area contributed by atoms with E-state index in [0.29, 0.717) is 20.9 Å². The van der Waals surface area contributed by atoms with Crippen LogP contribution < -0.4 is 16.6 Å². The highest BCUT2D eigenvalue weighted by Crippen LogP contribution is 2.17. The third-order valence-electron chi connectivity index (χ3n) is 5.26. The molecular weight excluding hydrogens is 446 g/mol. The monoisotopic (exact) mass is 467 g/mol. The van der Waals surface area contributed by atoms with Crippen LogP contribution in [-0.2, 0) is 17.8 Å². The van der Waals surface area contributed by atoms with Crippen molar-refractivity contribution in [3.05, 3.63) is 97.5 Å². The second-order valence-corrected chi connectivity index (χ2v) is 8.97. The summed E-state index contributed by atoms with van der Waals surface area (Å²) in [4.78, 5) is 39.0. The van der Waals surface area contributed by atoms with Gasteiger partial charge in [0.2, 0.25) is 5.91 Å². The Bertz CT molecular complexity index is 1360. The van der Waals surface area contributed by atoms with Crippen LogP contribution in [0.2, 0.25) is 5.02 Å². The summed E-state index contributed by atoms with van der Waals surface area (Å²) in [6.07, 6.45) is 1.63. The highest BCUT2D eigenvalue weighted by atomic mass is 35.5. The van der Waals surface area contributed by atoms with Crippen molar-refractivity contribution >= 4 is 39.1 Å². The minimum absolute atomic E-state index is 0.0569. The molecule has 6 nitrogen and oxygen atoms in total. The van der Waals surface area contributed by atoms with Crippen LogP contribution >= 0.6 is 22.9 Å². The van der Waals surface area contributed by atoms with Gasteiger partial charge in [-0.05, 0) is 61.0 Å². The van der Waals surface area contributed by atoms with Crippen LogP contribution in [0.5, 0.6) is 0 Å². The number of hydrogen-bond acceptors (Lipinski definition) is 4. The molecule has 8 heteroatoms. The first-order valence-electron chi connectivity index (χ1n) is 10.3. The zero-order valence-corrected chi connectivity index (χ0v) is 19.0. The molecule has 0 unspecified atom stereocenters. The number of nitrogens with zero attached hydrogens (tertiary/aromatic N) is 2. The number of carbonyl (C=O) groups excluding carboxylic acids is 1. The first kappa shape index (κ1) is 22.0. The molecule has 0 fully saturated rings. The van der Waals surface area contributed by atoms with Crippen molar-refractivity contribution in [3.8, 4) is 5.69 Å². The Hall–Kier alpha value is -3.16. The van der Waals surface area contributed by atoms with Gasteiger partial charge in [-0.25, -0.2) is 9.36 Å². The number of amides is 1. The van der Waals surface area contributed by atoms with E-state index in [4.69, 9.17) is 11.6 Å². The fourth-order valence-electron chi connectivity index (χ4n) is 3.62. The number of fused-ring (bicyclic) bond motifs is 1. The lowest BCUT2D eigenvalue weighted by atomic mass is 10.1. The smallest absolute Gasteiger partial charge is 0.336 e. The molecule has 1 amide bonds. The van der Waals surface area contributed by atoms with E-state index < -0.39 is 11.2 Å². The van der Waals surface area contributed by atoms with E-state index in [0.717, 1.165) is 17.4 Å². The maximum Gasteiger partial charge on any atom is 0.336 e. The average molecular weight is 468 g/mol. The predicted molar refractivity (Wildman–Crippen MR) is 129 cm³/mol. The fraction of sp³-hybridized carbons (Fsp3) is 0.208. The van der Waals surface area contributed by atoms with Gasteiger partial charge in [0.25, 0.3) is 5.56 Å². The van der Waals surface area contributed by atoms with Gasteiger partial charge in [0.05, 0.1) is 11.2 Å². The zero-order valence-electron chi connectivity index (χ0n) is 17.5. The van der Waals surface area contributed by atoms with Crippen LogP contribution in [0.1, 0.15) is 18.9 Å². The summed E-state index contributed by atoms with van der Waals surface area (Å²) >= 11 is 7.19. The Labute approximate surface area is 193 Å². The van der Waals surface area contributed by atoms with E-state index >= 15 is 0 Å². The summed E-state index contributed by atoms with van der Waals surface area (Å²) in [5.41, 5.74) is 1.11. The fourth-order valence-corrected chi connectivity index (χ4v) is 4.57. The Morgan fingerprint density at radius 2 is 1.78 bits per heavy atom. The first-order chi connectivity index (χ1) is 15.4. The van der Waals surface area contributed by atoms with Gasteiger partial charge in [0, 0.05) is 11.1 Å². The minimum atomic E-state index is -0.560. The van der Waals surface area contributed by atoms with Gasteiger partial charge in [0.15, 0.2) is 0 Å². The van der Waals surface area contributed by atoms with Crippen LogP contribution in [0.25, 0.3) is 15.9 Å². The molecule has 2 heterocycles. The summed E-state index contributed by atoms with van der Waals surface area (Å²) in [5.74, 6) is -0.276. The Morgan fingerprint density at radius 1 is 1.06 bits per heavy atom. The van der Waals surface area contributed by atoms with E-state index in [1.807, 2.05) is 25.1 Å². The van der Waals surface area contributed by atoms with Crippen LogP contribution in [0.15, 0.2) is 75.6 Å². The van der Waals surface area contributed by atoms with Gasteiger partial charge in [-0.3, -0.25) is 14.2 Å². The molecule has 2 aromatic heterocycles. The van der Waals surface area contributed by atoms with Gasteiger partial charge in [0.1, 0.15) is 11.2 Å². The molecule has 0 bridgehead atoms. The molecule has 0 aliphatic heterocycles. The molecule has 0 saturated heterocycles. The average Bonchev–Trinajstić information content (AvgIpc) is 3.27. The van der Waals surface area contributed by atoms with Crippen LogP contribution in [-0.4, -0.2) is 21.1 Å². The maximum absolute atomic E-state index is 13.2. The molecule has 1 atom stereocenters. The molecular formula is C24H22ClN3O3S. The molecule has 4 aromatic rings. The van der Waals surface area contributed by atoms with E-state index in [1.165, 1.54) is 21.5 Å². The molecule has 0 spiro atoms. The summed E-state index contributed by atoms with van der Waals surface area (Å²) in [6, 6.07) is 18.2. The molecule has 1 N–H and O–H groups in total. The summed E-state index contributed by atoms with van der Waals surface area (Å²) < 4.78 is 2.85. The van der Waals surface area contributed by atoms with Crippen LogP contribution in [0.3, 0.4) is 0 Å². The van der Waals surface area contributed by atoms with Gasteiger partial charge >= 0.3 is 5.69 Å². The summed E-state index contributed by atoms with van der Waals surface area (Å²) in [6.45, 7) is 1.77. The second-order valence-electron chi connectivity index (χ2n) is 7.61. The zero-order chi connectivity index (χ0) is 22.7. The largest absolute Gasteiger partial charge is 0.352 e. The number of aryl methyl sites for hydroxylation is 1. The minimum Gasteiger partial charge on any atom is -0.352 e. The van der Waals surface area contributed by atoms with Crippen LogP contribution in [0, 0.1) is 0 Å². The van der Waals surface area contributed by atoms with Crippen molar-refractivity contribution in [3.63, 3.8) is 0 Å². The van der Waals surface area contributed by atoms with E-state index in [2.05, 4.69) is 17.4 Å². The highest BCUT2D eigenvalue weighted by molar-refractivity contribution is 7.17. The number of halogens is 1. The van der Waals surface area contributed by atoms with Gasteiger partial charge in [-0.1, -0.05) is 41.9 Å². The lowest BCUT2D eigenvalue weighted by Crippen LogP contribution is -2.43. The van der Waals surface area contributed by atoms with Crippen molar-refractivity contribution < 1.29 is 4.79 Å². The van der Waals surface area contributed by atoms with E-state index in [-0.39, 0.29) is 18.5 Å². The van der Waals surface area contributed by atoms with Crippen molar-refractivity contribution in [2.24, 2.45) is 0 Å². The second kappa shape index (κ2) is 9.54. The SMILES string of the molecule is C[C@@H](CCc1ccccc1)NC(=O)Cn1c(=O)n(-c2ccc(Cl)cc2)c(=O)c2sccc21. The first-order valence-corrected chi connectivity index (χ1v) is 11.5. The summed E-state index contributed by atoms with van der Waals surface area (Å²) in [7, 11) is 0. The lowest BCUT2D eigenvalue weighted by Gasteiger charge is -2.16. The van der Waals surface area contributed by atoms with Gasteiger partial charge in [-0.15, -0.1) is 11.3 Å².